The number of terminal acetylenes is 1. The van der Waals surface area contributed by atoms with E-state index in [0.29, 0.717) is 12.0 Å². The minimum Gasteiger partial charge on any atom is -0.444 e. The highest BCUT2D eigenvalue weighted by molar-refractivity contribution is 5.93. The van der Waals surface area contributed by atoms with Gasteiger partial charge in [-0.1, -0.05) is 63.8 Å². The second-order valence-electron chi connectivity index (χ2n) is 10.3. The molecule has 7 nitrogen and oxygen atoms in total. The summed E-state index contributed by atoms with van der Waals surface area (Å²) in [5.74, 6) is -1.13. The van der Waals surface area contributed by atoms with Crippen molar-refractivity contribution in [3.63, 3.8) is 0 Å². The van der Waals surface area contributed by atoms with Crippen LogP contribution in [-0.4, -0.2) is 40.5 Å². The van der Waals surface area contributed by atoms with E-state index < -0.39 is 29.7 Å². The Morgan fingerprint density at radius 3 is 2.23 bits per heavy atom. The lowest BCUT2D eigenvalue weighted by atomic mass is 9.94. The fraction of sp³-hybridized carbons (Fsp3) is 0.607. The van der Waals surface area contributed by atoms with E-state index >= 15 is 0 Å². The molecule has 0 spiro atoms. The topological polar surface area (TPSA) is 87.7 Å². The first-order valence-electron chi connectivity index (χ1n) is 12.4. The number of benzene rings is 1. The summed E-state index contributed by atoms with van der Waals surface area (Å²) in [4.78, 5) is 41.0. The van der Waals surface area contributed by atoms with Gasteiger partial charge in [-0.05, 0) is 65.0 Å². The summed E-state index contributed by atoms with van der Waals surface area (Å²) in [7, 11) is 0. The van der Waals surface area contributed by atoms with Crippen LogP contribution in [0, 0.1) is 32.2 Å². The average molecular weight is 486 g/mol. The van der Waals surface area contributed by atoms with Gasteiger partial charge in [-0.25, -0.2) is 4.79 Å². The third-order valence-electron chi connectivity index (χ3n) is 5.86. The SMILES string of the molecule is C#CN(C(=O)C(NC(=O)OC(C)(C)C)C(C)CC)C(C(=O)NC(C)CCC)c1ccc(C)cc1C. The van der Waals surface area contributed by atoms with Gasteiger partial charge in [-0.2, -0.15) is 0 Å². The molecule has 2 N–H and O–H groups in total. The van der Waals surface area contributed by atoms with Crippen LogP contribution in [0.2, 0.25) is 0 Å². The number of carbonyl (C=O) groups is 3. The van der Waals surface area contributed by atoms with Crippen molar-refractivity contribution in [3.8, 4) is 12.5 Å². The standard InChI is InChI=1S/C28H43N3O4/c1-11-14-21(7)29-25(32)24(22-16-15-18(4)17-20(22)6)31(13-3)26(33)23(19(5)12-2)30-27(34)35-28(8,9)10/h3,15-17,19,21,23-24H,11-12,14H2,1-2,4-10H3,(H,29,32)(H,30,34). The van der Waals surface area contributed by atoms with Gasteiger partial charge in [-0.15, -0.1) is 0 Å². The van der Waals surface area contributed by atoms with Crippen molar-refractivity contribution in [2.45, 2.75) is 105 Å². The Balaban J connectivity index is 3.47. The average Bonchev–Trinajstić information content (AvgIpc) is 2.74. The Bertz CT molecular complexity index is 929. The van der Waals surface area contributed by atoms with Crippen molar-refractivity contribution in [1.29, 1.82) is 0 Å². The number of nitrogens with one attached hydrogen (secondary N) is 2. The molecule has 0 radical (unpaired) electrons. The van der Waals surface area contributed by atoms with Crippen molar-refractivity contribution < 1.29 is 19.1 Å². The summed E-state index contributed by atoms with van der Waals surface area (Å²) < 4.78 is 5.38. The molecule has 4 unspecified atom stereocenters. The van der Waals surface area contributed by atoms with Crippen LogP contribution in [0.3, 0.4) is 0 Å². The molecule has 1 rings (SSSR count). The summed E-state index contributed by atoms with van der Waals surface area (Å²) in [6, 6.07) is 6.03. The van der Waals surface area contributed by atoms with Gasteiger partial charge in [-0.3, -0.25) is 14.5 Å². The molecule has 3 amide bonds. The van der Waals surface area contributed by atoms with E-state index in [1.165, 1.54) is 0 Å². The first-order chi connectivity index (χ1) is 16.2. The lowest BCUT2D eigenvalue weighted by Gasteiger charge is -2.33. The molecule has 194 valence electrons. The number of rotatable bonds is 10. The minimum atomic E-state index is -1.04. The molecule has 0 saturated carbocycles. The van der Waals surface area contributed by atoms with Gasteiger partial charge in [0, 0.05) is 12.1 Å². The van der Waals surface area contributed by atoms with E-state index in [9.17, 15) is 14.4 Å². The Labute approximate surface area is 211 Å². The van der Waals surface area contributed by atoms with E-state index in [1.807, 2.05) is 59.7 Å². The van der Waals surface area contributed by atoms with Crippen LogP contribution in [-0.2, 0) is 14.3 Å². The molecule has 0 aliphatic heterocycles. The highest BCUT2D eigenvalue weighted by atomic mass is 16.6. The Morgan fingerprint density at radius 1 is 1.11 bits per heavy atom. The maximum Gasteiger partial charge on any atom is 0.408 e. The van der Waals surface area contributed by atoms with Gasteiger partial charge in [0.05, 0.1) is 0 Å². The molecule has 0 aromatic heterocycles. The zero-order chi connectivity index (χ0) is 26.9. The fourth-order valence-electron chi connectivity index (χ4n) is 3.89. The van der Waals surface area contributed by atoms with Gasteiger partial charge in [0.2, 0.25) is 5.91 Å². The van der Waals surface area contributed by atoms with Gasteiger partial charge in [0.25, 0.3) is 5.91 Å². The van der Waals surface area contributed by atoms with Gasteiger partial charge < -0.3 is 15.4 Å². The van der Waals surface area contributed by atoms with Crippen LogP contribution in [0.15, 0.2) is 18.2 Å². The number of carbonyl (C=O) groups excluding carboxylic acids is 3. The number of ether oxygens (including phenoxy) is 1. The van der Waals surface area contributed by atoms with E-state index in [0.717, 1.165) is 28.9 Å². The summed E-state index contributed by atoms with van der Waals surface area (Å²) in [6.07, 6.45) is 7.46. The van der Waals surface area contributed by atoms with E-state index in [-0.39, 0.29) is 17.9 Å². The molecule has 0 heterocycles. The van der Waals surface area contributed by atoms with Gasteiger partial charge in [0.1, 0.15) is 17.7 Å². The zero-order valence-electron chi connectivity index (χ0n) is 22.8. The molecular formula is C28H43N3O4. The Morgan fingerprint density at radius 2 is 1.74 bits per heavy atom. The molecule has 7 heteroatoms. The molecule has 1 aromatic carbocycles. The van der Waals surface area contributed by atoms with Crippen LogP contribution in [0.4, 0.5) is 4.79 Å². The molecule has 0 aliphatic carbocycles. The van der Waals surface area contributed by atoms with Crippen molar-refractivity contribution in [1.82, 2.24) is 15.5 Å². The van der Waals surface area contributed by atoms with Crippen LogP contribution in [0.5, 0.6) is 0 Å². The van der Waals surface area contributed by atoms with Crippen LogP contribution in [0.1, 0.15) is 90.5 Å². The zero-order valence-corrected chi connectivity index (χ0v) is 22.8. The lowest BCUT2D eigenvalue weighted by molar-refractivity contribution is -0.139. The third-order valence-corrected chi connectivity index (χ3v) is 5.86. The highest BCUT2D eigenvalue weighted by Crippen LogP contribution is 2.27. The van der Waals surface area contributed by atoms with Crippen molar-refractivity contribution in [3.05, 3.63) is 34.9 Å². The quantitative estimate of drug-likeness (QED) is 0.360. The summed E-state index contributed by atoms with van der Waals surface area (Å²) in [6.45, 7) is 16.8. The molecule has 0 aliphatic rings. The number of hydrogen-bond donors (Lipinski definition) is 2. The predicted molar refractivity (Wildman–Crippen MR) is 139 cm³/mol. The molecule has 0 saturated heterocycles. The first kappa shape index (κ1) is 30.0. The number of amides is 3. The first-order valence-corrected chi connectivity index (χ1v) is 12.4. The van der Waals surface area contributed by atoms with Gasteiger partial charge in [0.15, 0.2) is 0 Å². The van der Waals surface area contributed by atoms with Gasteiger partial charge >= 0.3 is 6.09 Å². The molecular weight excluding hydrogens is 442 g/mol. The van der Waals surface area contributed by atoms with Crippen molar-refractivity contribution in [2.75, 3.05) is 0 Å². The number of nitrogens with zero attached hydrogens (tertiary/aromatic N) is 1. The molecule has 35 heavy (non-hydrogen) atoms. The van der Waals surface area contributed by atoms with Crippen molar-refractivity contribution in [2.24, 2.45) is 5.92 Å². The van der Waals surface area contributed by atoms with Crippen molar-refractivity contribution >= 4 is 17.9 Å². The summed E-state index contributed by atoms with van der Waals surface area (Å²) in [5.41, 5.74) is 1.80. The number of hydrogen-bond acceptors (Lipinski definition) is 4. The molecule has 0 bridgehead atoms. The van der Waals surface area contributed by atoms with Crippen LogP contribution < -0.4 is 10.6 Å². The maximum atomic E-state index is 13.8. The second-order valence-corrected chi connectivity index (χ2v) is 10.3. The van der Waals surface area contributed by atoms with Crippen LogP contribution in [0.25, 0.3) is 0 Å². The fourth-order valence-corrected chi connectivity index (χ4v) is 3.89. The Hall–Kier alpha value is -3.01. The monoisotopic (exact) mass is 485 g/mol. The number of aryl methyl sites for hydroxylation is 2. The number of alkyl carbamates (subject to hydrolysis) is 1. The lowest BCUT2D eigenvalue weighted by Crippen LogP contribution is -2.54. The Kier molecular flexibility index (Phi) is 11.3. The highest BCUT2D eigenvalue weighted by Gasteiger charge is 2.38. The van der Waals surface area contributed by atoms with E-state index in [4.69, 9.17) is 11.2 Å². The molecule has 4 atom stereocenters. The maximum absolute atomic E-state index is 13.8. The minimum absolute atomic E-state index is 0.0827. The predicted octanol–water partition coefficient (Wildman–Crippen LogP) is 5.01. The van der Waals surface area contributed by atoms with Crippen LogP contribution >= 0.6 is 0 Å². The third kappa shape index (κ3) is 8.93. The smallest absolute Gasteiger partial charge is 0.408 e. The van der Waals surface area contributed by atoms with E-state index in [1.54, 1.807) is 20.8 Å². The second kappa shape index (κ2) is 13.2. The summed E-state index contributed by atoms with van der Waals surface area (Å²) >= 11 is 0. The summed E-state index contributed by atoms with van der Waals surface area (Å²) in [5, 5.41) is 5.69. The molecule has 1 aromatic rings. The largest absolute Gasteiger partial charge is 0.444 e. The molecule has 0 fully saturated rings. The van der Waals surface area contributed by atoms with E-state index in [2.05, 4.69) is 16.7 Å². The normalized spacial score (nSPS) is 14.6.